The topological polar surface area (TPSA) is 78.4 Å². The molecule has 0 aliphatic rings. The summed E-state index contributed by atoms with van der Waals surface area (Å²) in [5, 5.41) is 13.7. The highest BCUT2D eigenvalue weighted by Crippen LogP contribution is 2.08. The van der Waals surface area contributed by atoms with Crippen LogP contribution in [0, 0.1) is 5.82 Å². The van der Waals surface area contributed by atoms with Crippen molar-refractivity contribution < 1.29 is 19.1 Å². The van der Waals surface area contributed by atoms with E-state index in [1.165, 1.54) is 18.2 Å². The Kier molecular flexibility index (Phi) is 5.79. The largest absolute Gasteiger partial charge is 0.481 e. The van der Waals surface area contributed by atoms with Crippen molar-refractivity contribution in [3.63, 3.8) is 0 Å². The van der Waals surface area contributed by atoms with Gasteiger partial charge in [0.2, 0.25) is 5.91 Å². The first kappa shape index (κ1) is 14.1. The summed E-state index contributed by atoms with van der Waals surface area (Å²) in [6.07, 6.45) is 0.529. The van der Waals surface area contributed by atoms with Gasteiger partial charge in [-0.2, -0.15) is 0 Å². The van der Waals surface area contributed by atoms with E-state index in [0.717, 1.165) is 0 Å². The summed E-state index contributed by atoms with van der Waals surface area (Å²) in [4.78, 5) is 21.6. The van der Waals surface area contributed by atoms with E-state index in [2.05, 4.69) is 10.6 Å². The molecule has 0 radical (unpaired) electrons. The molecule has 0 saturated heterocycles. The molecule has 1 aromatic rings. The summed E-state index contributed by atoms with van der Waals surface area (Å²) >= 11 is 0. The van der Waals surface area contributed by atoms with Crippen LogP contribution >= 0.6 is 0 Å². The summed E-state index contributed by atoms with van der Waals surface area (Å²) in [6, 6.07) is 5.61. The van der Waals surface area contributed by atoms with Crippen LogP contribution < -0.4 is 10.6 Å². The minimum absolute atomic E-state index is 0.0656. The predicted octanol–water partition coefficient (Wildman–Crippen LogP) is 1.22. The molecular weight excluding hydrogens is 239 g/mol. The maximum Gasteiger partial charge on any atom is 0.303 e. The number of rotatable bonds is 7. The molecule has 0 aromatic heterocycles. The summed E-state index contributed by atoms with van der Waals surface area (Å²) in [5.41, 5.74) is 0.396. The number of carbonyl (C=O) groups excluding carboxylic acids is 1. The number of aliphatic carboxylic acids is 1. The average Bonchev–Trinajstić information content (AvgIpc) is 2.28. The van der Waals surface area contributed by atoms with Crippen molar-refractivity contribution in [3.05, 3.63) is 30.1 Å². The zero-order chi connectivity index (χ0) is 13.4. The van der Waals surface area contributed by atoms with E-state index >= 15 is 0 Å². The Morgan fingerprint density at radius 2 is 2.11 bits per heavy atom. The highest BCUT2D eigenvalue weighted by molar-refractivity contribution is 5.92. The fourth-order valence-electron chi connectivity index (χ4n) is 1.34. The summed E-state index contributed by atoms with van der Waals surface area (Å²) < 4.78 is 12.8. The van der Waals surface area contributed by atoms with Gasteiger partial charge in [0.1, 0.15) is 5.82 Å². The third-order valence-corrected chi connectivity index (χ3v) is 2.14. The number of amides is 1. The van der Waals surface area contributed by atoms with Crippen LogP contribution in [0.4, 0.5) is 10.1 Å². The van der Waals surface area contributed by atoms with E-state index in [1.807, 2.05) is 0 Å². The molecule has 0 fully saturated rings. The van der Waals surface area contributed by atoms with Crippen molar-refractivity contribution in [2.45, 2.75) is 12.8 Å². The molecule has 0 unspecified atom stereocenters. The molecular formula is C12H15FN2O3. The summed E-state index contributed by atoms with van der Waals surface area (Å²) in [5.74, 6) is -1.57. The Balaban J connectivity index is 2.20. The van der Waals surface area contributed by atoms with Crippen molar-refractivity contribution in [3.8, 4) is 0 Å². The lowest BCUT2D eigenvalue weighted by Crippen LogP contribution is -2.29. The van der Waals surface area contributed by atoms with Gasteiger partial charge in [-0.1, -0.05) is 6.07 Å². The van der Waals surface area contributed by atoms with Crippen LogP contribution in [-0.4, -0.2) is 30.1 Å². The van der Waals surface area contributed by atoms with Crippen molar-refractivity contribution in [1.82, 2.24) is 5.32 Å². The first-order valence-corrected chi connectivity index (χ1v) is 5.56. The Labute approximate surface area is 104 Å². The number of carbonyl (C=O) groups is 2. The second-order valence-corrected chi connectivity index (χ2v) is 3.73. The van der Waals surface area contributed by atoms with Crippen molar-refractivity contribution in [1.29, 1.82) is 0 Å². The van der Waals surface area contributed by atoms with Gasteiger partial charge in [0.15, 0.2) is 0 Å². The van der Waals surface area contributed by atoms with E-state index in [9.17, 15) is 14.0 Å². The lowest BCUT2D eigenvalue weighted by molar-refractivity contribution is -0.137. The second-order valence-electron chi connectivity index (χ2n) is 3.73. The van der Waals surface area contributed by atoms with E-state index in [0.29, 0.717) is 18.7 Å². The predicted molar refractivity (Wildman–Crippen MR) is 64.8 cm³/mol. The van der Waals surface area contributed by atoms with Gasteiger partial charge in [-0.25, -0.2) is 4.39 Å². The fraction of sp³-hybridized carbons (Fsp3) is 0.333. The van der Waals surface area contributed by atoms with Gasteiger partial charge in [0.25, 0.3) is 0 Å². The highest BCUT2D eigenvalue weighted by atomic mass is 19.1. The van der Waals surface area contributed by atoms with E-state index in [4.69, 9.17) is 5.11 Å². The number of benzene rings is 1. The van der Waals surface area contributed by atoms with Crippen LogP contribution in [-0.2, 0) is 9.59 Å². The molecule has 0 spiro atoms. The lowest BCUT2D eigenvalue weighted by atomic mass is 10.3. The minimum Gasteiger partial charge on any atom is -0.481 e. The monoisotopic (exact) mass is 254 g/mol. The normalized spacial score (nSPS) is 10.1. The minimum atomic E-state index is -0.860. The van der Waals surface area contributed by atoms with Crippen LogP contribution in [0.25, 0.3) is 0 Å². The Bertz CT molecular complexity index is 424. The SMILES string of the molecule is O=C(O)CCCNCC(=O)Nc1cccc(F)c1. The molecule has 5 nitrogen and oxygen atoms in total. The molecule has 0 saturated carbocycles. The quantitative estimate of drug-likeness (QED) is 0.639. The van der Waals surface area contributed by atoms with Crippen molar-refractivity contribution in [2.75, 3.05) is 18.4 Å². The number of carboxylic acid groups (broad SMARTS) is 1. The first-order chi connectivity index (χ1) is 8.58. The standard InChI is InChI=1S/C12H15FN2O3/c13-9-3-1-4-10(7-9)15-11(16)8-14-6-2-5-12(17)18/h1,3-4,7,14H,2,5-6,8H2,(H,15,16)(H,17,18). The average molecular weight is 254 g/mol. The summed E-state index contributed by atoms with van der Waals surface area (Å²) in [6.45, 7) is 0.513. The highest BCUT2D eigenvalue weighted by Gasteiger charge is 2.02. The molecule has 98 valence electrons. The van der Waals surface area contributed by atoms with Crippen LogP contribution in [0.15, 0.2) is 24.3 Å². The number of nitrogens with one attached hydrogen (secondary N) is 2. The molecule has 0 aliphatic carbocycles. The molecule has 18 heavy (non-hydrogen) atoms. The molecule has 0 atom stereocenters. The third-order valence-electron chi connectivity index (χ3n) is 2.14. The number of hydrogen-bond acceptors (Lipinski definition) is 3. The molecule has 0 aliphatic heterocycles. The van der Waals surface area contributed by atoms with Gasteiger partial charge in [0, 0.05) is 12.1 Å². The van der Waals surface area contributed by atoms with E-state index < -0.39 is 11.8 Å². The number of halogens is 1. The maximum atomic E-state index is 12.8. The smallest absolute Gasteiger partial charge is 0.303 e. The number of hydrogen-bond donors (Lipinski definition) is 3. The third kappa shape index (κ3) is 5.95. The van der Waals surface area contributed by atoms with Gasteiger partial charge < -0.3 is 15.7 Å². The van der Waals surface area contributed by atoms with E-state index in [-0.39, 0.29) is 18.9 Å². The van der Waals surface area contributed by atoms with Gasteiger partial charge in [-0.05, 0) is 31.2 Å². The van der Waals surface area contributed by atoms with Crippen LogP contribution in [0.3, 0.4) is 0 Å². The van der Waals surface area contributed by atoms with Crippen LogP contribution in [0.1, 0.15) is 12.8 Å². The zero-order valence-corrected chi connectivity index (χ0v) is 9.78. The Morgan fingerprint density at radius 1 is 1.33 bits per heavy atom. The number of carboxylic acids is 1. The molecule has 3 N–H and O–H groups in total. The second kappa shape index (κ2) is 7.39. The molecule has 0 bridgehead atoms. The zero-order valence-electron chi connectivity index (χ0n) is 9.78. The van der Waals surface area contributed by atoms with Crippen molar-refractivity contribution >= 4 is 17.6 Å². The Morgan fingerprint density at radius 3 is 2.78 bits per heavy atom. The lowest BCUT2D eigenvalue weighted by Gasteiger charge is -2.06. The van der Waals surface area contributed by atoms with Gasteiger partial charge >= 0.3 is 5.97 Å². The van der Waals surface area contributed by atoms with Crippen LogP contribution in [0.5, 0.6) is 0 Å². The first-order valence-electron chi connectivity index (χ1n) is 5.56. The Hall–Kier alpha value is -1.95. The molecule has 1 amide bonds. The van der Waals surface area contributed by atoms with Gasteiger partial charge in [-0.15, -0.1) is 0 Å². The molecule has 1 aromatic carbocycles. The molecule has 1 rings (SSSR count). The molecule has 0 heterocycles. The molecule has 6 heteroatoms. The van der Waals surface area contributed by atoms with Crippen molar-refractivity contribution in [2.24, 2.45) is 0 Å². The van der Waals surface area contributed by atoms with Gasteiger partial charge in [-0.3, -0.25) is 9.59 Å². The fourth-order valence-corrected chi connectivity index (χ4v) is 1.34. The van der Waals surface area contributed by atoms with E-state index in [1.54, 1.807) is 6.07 Å². The number of anilines is 1. The summed E-state index contributed by atoms with van der Waals surface area (Å²) in [7, 11) is 0. The van der Waals surface area contributed by atoms with Crippen LogP contribution in [0.2, 0.25) is 0 Å². The van der Waals surface area contributed by atoms with Gasteiger partial charge in [0.05, 0.1) is 6.54 Å². The maximum absolute atomic E-state index is 12.8.